The molecule has 0 amide bonds. The summed E-state index contributed by atoms with van der Waals surface area (Å²) >= 11 is 0. The minimum Gasteiger partial charge on any atom is -0.396 e. The molecule has 2 N–H and O–H groups in total. The molecule has 0 bridgehead atoms. The Balaban J connectivity index is 1.97. The first-order valence-electron chi connectivity index (χ1n) is 10.1. The number of benzene rings is 3. The summed E-state index contributed by atoms with van der Waals surface area (Å²) in [6.07, 6.45) is 2.72. The van der Waals surface area contributed by atoms with Crippen LogP contribution in [0.4, 0.5) is 5.69 Å². The molecule has 0 saturated heterocycles. The zero-order valence-corrected chi connectivity index (χ0v) is 16.6. The number of rotatable bonds is 9. The van der Waals surface area contributed by atoms with Crippen molar-refractivity contribution in [3.63, 3.8) is 0 Å². The second-order valence-electron chi connectivity index (χ2n) is 6.94. The van der Waals surface area contributed by atoms with E-state index in [4.69, 9.17) is 5.11 Å². The molecule has 0 fully saturated rings. The maximum absolute atomic E-state index is 8.95. The molecule has 0 atom stereocenters. The van der Waals surface area contributed by atoms with Crippen LogP contribution >= 0.6 is 0 Å². The number of allylic oxidation sites excluding steroid dienone is 1. The van der Waals surface area contributed by atoms with Crippen molar-refractivity contribution in [1.82, 2.24) is 0 Å². The quantitative estimate of drug-likeness (QED) is 0.457. The lowest BCUT2D eigenvalue weighted by atomic mass is 9.88. The van der Waals surface area contributed by atoms with E-state index in [1.54, 1.807) is 0 Å². The fraction of sp³-hybridized carbons (Fsp3) is 0.231. The summed E-state index contributed by atoms with van der Waals surface area (Å²) in [7, 11) is 0. The van der Waals surface area contributed by atoms with Crippen LogP contribution in [0.1, 0.15) is 36.5 Å². The largest absolute Gasteiger partial charge is 0.396 e. The van der Waals surface area contributed by atoms with Gasteiger partial charge in [-0.1, -0.05) is 85.3 Å². The number of nitrogens with one attached hydrogen (secondary N) is 1. The second-order valence-corrected chi connectivity index (χ2v) is 6.94. The van der Waals surface area contributed by atoms with Gasteiger partial charge in [0.2, 0.25) is 0 Å². The first kappa shape index (κ1) is 19.9. The summed E-state index contributed by atoms with van der Waals surface area (Å²) < 4.78 is 0. The summed E-state index contributed by atoms with van der Waals surface area (Å²) in [6.45, 7) is 3.24. The van der Waals surface area contributed by atoms with Crippen LogP contribution in [0.15, 0.2) is 90.5 Å². The van der Waals surface area contributed by atoms with Gasteiger partial charge in [-0.05, 0) is 53.7 Å². The zero-order chi connectivity index (χ0) is 19.6. The number of aliphatic hydroxyl groups excluding tert-OH is 1. The van der Waals surface area contributed by atoms with Crippen molar-refractivity contribution >= 4 is 11.3 Å². The fourth-order valence-electron chi connectivity index (χ4n) is 3.48. The molecule has 0 unspecified atom stereocenters. The summed E-state index contributed by atoms with van der Waals surface area (Å²) in [5.74, 6) is 0. The number of hydrogen-bond donors (Lipinski definition) is 2. The lowest BCUT2D eigenvalue weighted by molar-refractivity contribution is 0.292. The Morgan fingerprint density at radius 2 is 1.39 bits per heavy atom. The lowest BCUT2D eigenvalue weighted by Gasteiger charge is -2.17. The van der Waals surface area contributed by atoms with Gasteiger partial charge < -0.3 is 10.4 Å². The smallest absolute Gasteiger partial charge is 0.0447 e. The summed E-state index contributed by atoms with van der Waals surface area (Å²) in [4.78, 5) is 0. The standard InChI is InChI=1S/C26H29NO/c1-2-22(20-21-10-5-3-6-11-21)26(23-12-7-4-8-13-23)24-14-16-25(17-15-24)27-18-9-19-28/h3-8,10-17,27-28H,2,9,18-20H2,1H3/b26-22-. The molecule has 3 rings (SSSR count). The predicted molar refractivity (Wildman–Crippen MR) is 120 cm³/mol. The van der Waals surface area contributed by atoms with Gasteiger partial charge in [-0.15, -0.1) is 0 Å². The van der Waals surface area contributed by atoms with E-state index in [-0.39, 0.29) is 6.61 Å². The van der Waals surface area contributed by atoms with Crippen LogP contribution in [-0.4, -0.2) is 18.3 Å². The SMILES string of the molecule is CC/C(Cc1ccccc1)=C(\c1ccccc1)c1ccc(NCCCO)cc1. The highest BCUT2D eigenvalue weighted by atomic mass is 16.3. The van der Waals surface area contributed by atoms with E-state index in [1.165, 1.54) is 27.8 Å². The minimum atomic E-state index is 0.214. The van der Waals surface area contributed by atoms with Crippen molar-refractivity contribution in [3.8, 4) is 0 Å². The van der Waals surface area contributed by atoms with Crippen LogP contribution in [0, 0.1) is 0 Å². The average Bonchev–Trinajstić information content (AvgIpc) is 2.76. The Morgan fingerprint density at radius 3 is 2.00 bits per heavy atom. The van der Waals surface area contributed by atoms with Crippen molar-refractivity contribution < 1.29 is 5.11 Å². The highest BCUT2D eigenvalue weighted by Gasteiger charge is 2.12. The summed E-state index contributed by atoms with van der Waals surface area (Å²) in [5.41, 5.74) is 7.70. The Labute approximate surface area is 168 Å². The average molecular weight is 372 g/mol. The predicted octanol–water partition coefficient (Wildman–Crippen LogP) is 5.94. The number of aliphatic hydroxyl groups is 1. The molecule has 0 heterocycles. The molecule has 0 radical (unpaired) electrons. The first-order valence-corrected chi connectivity index (χ1v) is 10.1. The minimum absolute atomic E-state index is 0.214. The van der Waals surface area contributed by atoms with Crippen LogP contribution in [-0.2, 0) is 6.42 Å². The van der Waals surface area contributed by atoms with Crippen molar-refractivity contribution in [1.29, 1.82) is 0 Å². The number of hydrogen-bond acceptors (Lipinski definition) is 2. The van der Waals surface area contributed by atoms with E-state index in [0.29, 0.717) is 0 Å². The van der Waals surface area contributed by atoms with Gasteiger partial charge in [0, 0.05) is 18.8 Å². The molecule has 0 aliphatic rings. The van der Waals surface area contributed by atoms with E-state index in [0.717, 1.165) is 31.5 Å². The van der Waals surface area contributed by atoms with Crippen molar-refractivity contribution in [2.75, 3.05) is 18.5 Å². The highest BCUT2D eigenvalue weighted by Crippen LogP contribution is 2.31. The van der Waals surface area contributed by atoms with E-state index in [2.05, 4.69) is 97.2 Å². The van der Waals surface area contributed by atoms with Gasteiger partial charge >= 0.3 is 0 Å². The fourth-order valence-corrected chi connectivity index (χ4v) is 3.48. The Bertz CT molecular complexity index is 867. The zero-order valence-electron chi connectivity index (χ0n) is 16.6. The van der Waals surface area contributed by atoms with Crippen LogP contribution in [0.25, 0.3) is 5.57 Å². The molecule has 2 heteroatoms. The molecule has 0 aliphatic carbocycles. The van der Waals surface area contributed by atoms with E-state index in [9.17, 15) is 0 Å². The molecule has 28 heavy (non-hydrogen) atoms. The maximum Gasteiger partial charge on any atom is 0.0447 e. The van der Waals surface area contributed by atoms with Gasteiger partial charge in [-0.25, -0.2) is 0 Å². The van der Waals surface area contributed by atoms with E-state index >= 15 is 0 Å². The van der Waals surface area contributed by atoms with Crippen molar-refractivity contribution in [2.45, 2.75) is 26.2 Å². The normalized spacial score (nSPS) is 11.8. The Hall–Kier alpha value is -2.84. The summed E-state index contributed by atoms with van der Waals surface area (Å²) in [5, 5.41) is 12.3. The molecule has 0 aromatic heterocycles. The van der Waals surface area contributed by atoms with Crippen LogP contribution < -0.4 is 5.32 Å². The lowest BCUT2D eigenvalue weighted by Crippen LogP contribution is -2.03. The van der Waals surface area contributed by atoms with Crippen molar-refractivity contribution in [3.05, 3.63) is 107 Å². The van der Waals surface area contributed by atoms with Crippen LogP contribution in [0.5, 0.6) is 0 Å². The van der Waals surface area contributed by atoms with Gasteiger partial charge in [0.1, 0.15) is 0 Å². The maximum atomic E-state index is 8.95. The van der Waals surface area contributed by atoms with Gasteiger partial charge in [-0.2, -0.15) is 0 Å². The number of anilines is 1. The third-order valence-corrected chi connectivity index (χ3v) is 4.94. The molecule has 2 nitrogen and oxygen atoms in total. The molecular formula is C26H29NO. The van der Waals surface area contributed by atoms with E-state index < -0.39 is 0 Å². The first-order chi connectivity index (χ1) is 13.8. The highest BCUT2D eigenvalue weighted by molar-refractivity contribution is 5.83. The molecule has 3 aromatic rings. The Morgan fingerprint density at radius 1 is 0.786 bits per heavy atom. The van der Waals surface area contributed by atoms with Crippen LogP contribution in [0.2, 0.25) is 0 Å². The monoisotopic (exact) mass is 371 g/mol. The third-order valence-electron chi connectivity index (χ3n) is 4.94. The van der Waals surface area contributed by atoms with Gasteiger partial charge in [0.05, 0.1) is 0 Å². The van der Waals surface area contributed by atoms with Crippen molar-refractivity contribution in [2.24, 2.45) is 0 Å². The van der Waals surface area contributed by atoms with Gasteiger partial charge in [0.25, 0.3) is 0 Å². The van der Waals surface area contributed by atoms with E-state index in [1.807, 2.05) is 0 Å². The van der Waals surface area contributed by atoms with Crippen LogP contribution in [0.3, 0.4) is 0 Å². The van der Waals surface area contributed by atoms with Gasteiger partial charge in [-0.3, -0.25) is 0 Å². The topological polar surface area (TPSA) is 32.3 Å². The third kappa shape index (κ3) is 5.34. The Kier molecular flexibility index (Phi) is 7.45. The second kappa shape index (κ2) is 10.5. The molecule has 0 saturated carbocycles. The molecular weight excluding hydrogens is 342 g/mol. The molecule has 0 spiro atoms. The molecule has 3 aromatic carbocycles. The summed E-state index contributed by atoms with van der Waals surface area (Å²) in [6, 6.07) is 30.0. The molecule has 144 valence electrons. The van der Waals surface area contributed by atoms with Gasteiger partial charge in [0.15, 0.2) is 0 Å². The molecule has 0 aliphatic heterocycles.